The quantitative estimate of drug-likeness (QED) is 0.816. The predicted octanol–water partition coefficient (Wildman–Crippen LogP) is 0.373. The van der Waals surface area contributed by atoms with Gasteiger partial charge >= 0.3 is 5.97 Å². The van der Waals surface area contributed by atoms with Crippen LogP contribution in [0.15, 0.2) is 40.0 Å². The topological polar surface area (TPSA) is 110 Å². The summed E-state index contributed by atoms with van der Waals surface area (Å²) >= 11 is 0. The van der Waals surface area contributed by atoms with E-state index in [-0.39, 0.29) is 11.6 Å². The molecule has 1 aromatic carbocycles. The van der Waals surface area contributed by atoms with Gasteiger partial charge in [-0.1, -0.05) is 0 Å². The highest BCUT2D eigenvalue weighted by molar-refractivity contribution is 6.49. The number of nitrogens with one attached hydrogen (secondary N) is 1. The maximum absolute atomic E-state index is 11.7. The molecule has 0 atom stereocenters. The fraction of sp³-hybridized carbons (Fsp3) is 0.200. The fourth-order valence-corrected chi connectivity index (χ4v) is 2.20. The van der Waals surface area contributed by atoms with Crippen molar-refractivity contribution in [2.75, 3.05) is 20.3 Å². The van der Waals surface area contributed by atoms with Crippen LogP contribution in [0.5, 0.6) is 11.5 Å². The van der Waals surface area contributed by atoms with E-state index in [2.05, 4.69) is 15.3 Å². The molecule has 0 unspecified atom stereocenters. The van der Waals surface area contributed by atoms with Crippen molar-refractivity contribution >= 4 is 23.4 Å². The Bertz CT molecular complexity index is 779. The van der Waals surface area contributed by atoms with Crippen molar-refractivity contribution in [1.29, 1.82) is 0 Å². The molecule has 0 fully saturated rings. The number of ether oxygens (including phenoxy) is 2. The minimum atomic E-state index is -1.07. The molecule has 0 aliphatic carbocycles. The van der Waals surface area contributed by atoms with Gasteiger partial charge in [0, 0.05) is 12.6 Å². The Morgan fingerprint density at radius 1 is 1.39 bits per heavy atom. The van der Waals surface area contributed by atoms with Crippen LogP contribution in [0.25, 0.3) is 0 Å². The number of amidine groups is 1. The van der Waals surface area contributed by atoms with Gasteiger partial charge in [-0.2, -0.15) is 0 Å². The molecule has 8 nitrogen and oxygen atoms in total. The number of carboxylic acids is 1. The molecule has 2 aliphatic heterocycles. The second-order valence-electron chi connectivity index (χ2n) is 4.74. The Hall–Kier alpha value is -3.16. The van der Waals surface area contributed by atoms with E-state index in [0.717, 1.165) is 0 Å². The van der Waals surface area contributed by atoms with Crippen molar-refractivity contribution < 1.29 is 24.2 Å². The van der Waals surface area contributed by atoms with Gasteiger partial charge in [0.1, 0.15) is 11.5 Å². The number of rotatable bonds is 5. The van der Waals surface area contributed by atoms with E-state index in [9.17, 15) is 9.59 Å². The first-order chi connectivity index (χ1) is 11.1. The molecule has 2 N–H and O–H groups in total. The third-order valence-corrected chi connectivity index (χ3v) is 3.24. The Kier molecular flexibility index (Phi) is 3.80. The molecule has 0 spiro atoms. The highest BCUT2D eigenvalue weighted by Crippen LogP contribution is 2.28. The molecule has 1 aromatic rings. The van der Waals surface area contributed by atoms with Gasteiger partial charge in [-0.15, -0.1) is 0 Å². The third-order valence-electron chi connectivity index (χ3n) is 3.24. The molecule has 2 aliphatic rings. The number of carbonyl (C=O) groups is 2. The van der Waals surface area contributed by atoms with Crippen LogP contribution in [0, 0.1) is 0 Å². The van der Waals surface area contributed by atoms with E-state index in [4.69, 9.17) is 14.6 Å². The van der Waals surface area contributed by atoms with Crippen LogP contribution >= 0.6 is 0 Å². The average Bonchev–Trinajstić information content (AvgIpc) is 2.98. The molecule has 0 saturated heterocycles. The summed E-state index contributed by atoms with van der Waals surface area (Å²) in [6, 6.07) is 4.81. The third kappa shape index (κ3) is 2.91. The molecular formula is C15H13N3O5. The highest BCUT2D eigenvalue weighted by atomic mass is 16.5. The van der Waals surface area contributed by atoms with E-state index in [1.165, 1.54) is 7.11 Å². The summed E-state index contributed by atoms with van der Waals surface area (Å²) in [6.45, 7) is -0.0259. The Balaban J connectivity index is 1.92. The number of methoxy groups -OCH3 is 1. The number of aliphatic carboxylic acids is 1. The number of carboxylic acid groups (broad SMARTS) is 1. The monoisotopic (exact) mass is 315 g/mol. The first kappa shape index (κ1) is 14.8. The summed E-state index contributed by atoms with van der Waals surface area (Å²) in [5.74, 6) is -0.183. The zero-order valence-corrected chi connectivity index (χ0v) is 12.2. The average molecular weight is 315 g/mol. The maximum atomic E-state index is 11.7. The van der Waals surface area contributed by atoms with E-state index >= 15 is 0 Å². The minimum absolute atomic E-state index is 0.262. The summed E-state index contributed by atoms with van der Waals surface area (Å²) in [5.41, 5.74) is 1.40. The number of fused-ring (bicyclic) bond motifs is 1. The van der Waals surface area contributed by atoms with Gasteiger partial charge < -0.3 is 19.9 Å². The van der Waals surface area contributed by atoms with Crippen molar-refractivity contribution in [3.63, 3.8) is 0 Å². The van der Waals surface area contributed by atoms with Crippen LogP contribution in [0.3, 0.4) is 0 Å². The van der Waals surface area contributed by atoms with Crippen LogP contribution in [-0.4, -0.2) is 48.8 Å². The molecule has 2 heterocycles. The van der Waals surface area contributed by atoms with Gasteiger partial charge in [-0.25, -0.2) is 14.8 Å². The lowest BCUT2D eigenvalue weighted by Gasteiger charge is -2.09. The molecule has 0 bridgehead atoms. The van der Waals surface area contributed by atoms with Gasteiger partial charge in [0.25, 0.3) is 5.91 Å². The number of nitrogens with zero attached hydrogens (tertiary/aromatic N) is 2. The molecular weight excluding hydrogens is 302 g/mol. The van der Waals surface area contributed by atoms with Crippen molar-refractivity contribution in [3.8, 4) is 11.5 Å². The van der Waals surface area contributed by atoms with Crippen LogP contribution in [0.4, 0.5) is 0 Å². The highest BCUT2D eigenvalue weighted by Gasteiger charge is 2.27. The molecule has 8 heteroatoms. The number of hydrogen-bond donors (Lipinski definition) is 2. The van der Waals surface area contributed by atoms with Gasteiger partial charge in [-0.3, -0.25) is 4.79 Å². The van der Waals surface area contributed by atoms with Gasteiger partial charge in [-0.05, 0) is 18.2 Å². The smallest absolute Gasteiger partial charge is 0.341 e. The van der Waals surface area contributed by atoms with Crippen molar-refractivity contribution in [2.24, 2.45) is 9.98 Å². The lowest BCUT2D eigenvalue weighted by Crippen LogP contribution is -2.35. The normalized spacial score (nSPS) is 15.9. The Labute approximate surface area is 131 Å². The first-order valence-corrected chi connectivity index (χ1v) is 6.77. The molecule has 118 valence electrons. The standard InChI is InChI=1S/C15H13N3O5/c1-22-11-6-8(23-7-12(19)20)2-3-9(11)14-17-10-4-5-16-15(21)13(10)18-14/h2-4,6H,5,7H2,1H3,(H,16,21)(H,19,20). The largest absolute Gasteiger partial charge is 0.496 e. The molecule has 0 radical (unpaired) electrons. The van der Waals surface area contributed by atoms with Crippen LogP contribution in [0.1, 0.15) is 5.56 Å². The molecule has 0 aromatic heterocycles. The van der Waals surface area contributed by atoms with Crippen molar-refractivity contribution in [1.82, 2.24) is 5.32 Å². The van der Waals surface area contributed by atoms with Crippen molar-refractivity contribution in [2.45, 2.75) is 0 Å². The second kappa shape index (κ2) is 5.91. The second-order valence-corrected chi connectivity index (χ2v) is 4.74. The SMILES string of the molecule is COc1cc(OCC(=O)O)ccc1C1=NC2=CCNC(=O)C2=N1. The number of benzene rings is 1. The van der Waals surface area contributed by atoms with E-state index in [1.807, 2.05) is 0 Å². The fourth-order valence-electron chi connectivity index (χ4n) is 2.20. The van der Waals surface area contributed by atoms with Crippen LogP contribution in [0.2, 0.25) is 0 Å². The van der Waals surface area contributed by atoms with Crippen LogP contribution < -0.4 is 14.8 Å². The molecule has 0 saturated carbocycles. The van der Waals surface area contributed by atoms with Crippen molar-refractivity contribution in [3.05, 3.63) is 35.5 Å². The summed E-state index contributed by atoms with van der Waals surface area (Å²) in [4.78, 5) is 30.9. The maximum Gasteiger partial charge on any atom is 0.341 e. The van der Waals surface area contributed by atoms with E-state index in [0.29, 0.717) is 35.1 Å². The zero-order valence-electron chi connectivity index (χ0n) is 12.2. The van der Waals surface area contributed by atoms with Gasteiger partial charge in [0.2, 0.25) is 0 Å². The molecule has 1 amide bonds. The number of carbonyl (C=O) groups excluding carboxylic acids is 1. The number of amides is 1. The molecule has 3 rings (SSSR count). The Morgan fingerprint density at radius 2 is 2.22 bits per heavy atom. The summed E-state index contributed by atoms with van der Waals surface area (Å²) in [6.07, 6.45) is 1.78. The summed E-state index contributed by atoms with van der Waals surface area (Å²) < 4.78 is 10.4. The van der Waals surface area contributed by atoms with Gasteiger partial charge in [0.15, 0.2) is 18.2 Å². The molecule has 23 heavy (non-hydrogen) atoms. The van der Waals surface area contributed by atoms with Crippen LogP contribution in [-0.2, 0) is 9.59 Å². The summed E-state index contributed by atoms with van der Waals surface area (Å²) in [7, 11) is 1.47. The zero-order chi connectivity index (χ0) is 16.4. The Morgan fingerprint density at radius 3 is 2.91 bits per heavy atom. The van der Waals surface area contributed by atoms with E-state index in [1.54, 1.807) is 24.3 Å². The number of hydrogen-bond acceptors (Lipinski definition) is 6. The number of aliphatic imine (C=N–C) groups is 2. The van der Waals surface area contributed by atoms with E-state index < -0.39 is 12.6 Å². The minimum Gasteiger partial charge on any atom is -0.496 e. The summed E-state index contributed by atoms with van der Waals surface area (Å²) in [5, 5.41) is 11.3. The lowest BCUT2D eigenvalue weighted by atomic mass is 10.1. The first-order valence-electron chi connectivity index (χ1n) is 6.77. The lowest BCUT2D eigenvalue weighted by molar-refractivity contribution is -0.139. The predicted molar refractivity (Wildman–Crippen MR) is 81.2 cm³/mol. The van der Waals surface area contributed by atoms with Gasteiger partial charge in [0.05, 0.1) is 18.4 Å².